The van der Waals surface area contributed by atoms with Crippen LogP contribution in [0.2, 0.25) is 0 Å². The minimum Gasteiger partial charge on any atom is -0.399 e. The first kappa shape index (κ1) is 27.1. The molecule has 0 radical (unpaired) electrons. The topological polar surface area (TPSA) is 62.8 Å². The Balaban J connectivity index is 1.38. The van der Waals surface area contributed by atoms with Crippen molar-refractivity contribution < 1.29 is 0 Å². The molecule has 1 aliphatic heterocycles. The normalized spacial score (nSPS) is 14.7. The van der Waals surface area contributed by atoms with Gasteiger partial charge in [0.05, 0.1) is 0 Å². The number of nitrogens with one attached hydrogen (secondary N) is 1. The number of rotatable bonds is 5. The van der Waals surface area contributed by atoms with Crippen LogP contribution in [0.1, 0.15) is 22.9 Å². The van der Waals surface area contributed by atoms with Gasteiger partial charge in [-0.3, -0.25) is 0 Å². The van der Waals surface area contributed by atoms with Crippen molar-refractivity contribution in [2.45, 2.75) is 6.17 Å². The molecule has 0 fully saturated rings. The van der Waals surface area contributed by atoms with E-state index in [1.54, 1.807) is 0 Å². The molecular weight excluding hydrogens is 573 g/mol. The van der Waals surface area contributed by atoms with E-state index in [1.807, 2.05) is 42.5 Å². The van der Waals surface area contributed by atoms with Gasteiger partial charge < -0.3 is 11.1 Å². The third-order valence-electron chi connectivity index (χ3n) is 9.18. The first-order chi connectivity index (χ1) is 23.2. The zero-order valence-corrected chi connectivity index (χ0v) is 25.6. The Morgan fingerprint density at radius 1 is 0.489 bits per heavy atom. The van der Waals surface area contributed by atoms with Gasteiger partial charge in [-0.1, -0.05) is 140 Å². The number of nitrogens with zero attached hydrogens (tertiary/aromatic N) is 2. The maximum Gasteiger partial charge on any atom is 0.159 e. The first-order valence-corrected chi connectivity index (χ1v) is 15.9. The Morgan fingerprint density at radius 3 is 1.77 bits per heavy atom. The summed E-state index contributed by atoms with van der Waals surface area (Å²) in [5.74, 6) is 1.42. The van der Waals surface area contributed by atoms with Crippen molar-refractivity contribution in [3.63, 3.8) is 0 Å². The van der Waals surface area contributed by atoms with E-state index in [4.69, 9.17) is 15.7 Å². The molecule has 0 bridgehead atoms. The molecule has 1 unspecified atom stereocenters. The van der Waals surface area contributed by atoms with E-state index in [2.05, 4.69) is 121 Å². The maximum atomic E-state index is 6.26. The van der Waals surface area contributed by atoms with Crippen molar-refractivity contribution in [1.29, 1.82) is 0 Å². The van der Waals surface area contributed by atoms with Gasteiger partial charge in [0, 0.05) is 22.4 Å². The Hall–Kier alpha value is -6.26. The van der Waals surface area contributed by atoms with Gasteiger partial charge in [0.15, 0.2) is 5.84 Å². The van der Waals surface area contributed by atoms with E-state index in [1.165, 1.54) is 49.7 Å². The molecule has 0 saturated heterocycles. The van der Waals surface area contributed by atoms with E-state index in [0.29, 0.717) is 11.5 Å². The predicted octanol–water partition coefficient (Wildman–Crippen LogP) is 9.90. The van der Waals surface area contributed by atoms with E-state index in [-0.39, 0.29) is 0 Å². The lowest BCUT2D eigenvalue weighted by atomic mass is 9.83. The molecule has 4 nitrogen and oxygen atoms in total. The Bertz CT molecular complexity index is 2370. The zero-order valence-electron chi connectivity index (χ0n) is 25.6. The third-order valence-corrected chi connectivity index (χ3v) is 9.18. The molecule has 1 heterocycles. The number of fused-ring (bicyclic) bond motifs is 3. The Morgan fingerprint density at radius 2 is 1.09 bits per heavy atom. The predicted molar refractivity (Wildman–Crippen MR) is 195 cm³/mol. The molecule has 2 aliphatic rings. The third kappa shape index (κ3) is 4.53. The fourth-order valence-electron chi connectivity index (χ4n) is 7.15. The van der Waals surface area contributed by atoms with Crippen molar-refractivity contribution in [1.82, 2.24) is 5.32 Å². The molecule has 3 N–H and O–H groups in total. The van der Waals surface area contributed by atoms with Gasteiger partial charge in [0.25, 0.3) is 0 Å². The molecule has 47 heavy (non-hydrogen) atoms. The summed E-state index contributed by atoms with van der Waals surface area (Å²) in [5, 5.41) is 6.30. The molecule has 1 aliphatic carbocycles. The molecule has 0 saturated carbocycles. The van der Waals surface area contributed by atoms with Crippen LogP contribution in [0.4, 0.5) is 5.69 Å². The molecule has 9 rings (SSSR count). The van der Waals surface area contributed by atoms with Crippen LogP contribution in [-0.2, 0) is 0 Å². The Kier molecular flexibility index (Phi) is 6.32. The summed E-state index contributed by atoms with van der Waals surface area (Å²) in [6.45, 7) is 0. The average molecular weight is 603 g/mol. The van der Waals surface area contributed by atoms with Gasteiger partial charge in [-0.25, -0.2) is 9.98 Å². The summed E-state index contributed by atoms with van der Waals surface area (Å²) >= 11 is 0. The summed E-state index contributed by atoms with van der Waals surface area (Å²) in [5.41, 5.74) is 19.6. The number of nitrogen functional groups attached to an aromatic ring is 1. The van der Waals surface area contributed by atoms with E-state index in [9.17, 15) is 0 Å². The number of hydrogen-bond donors (Lipinski definition) is 2. The van der Waals surface area contributed by atoms with Gasteiger partial charge in [-0.05, 0) is 73.5 Å². The number of hydrogen-bond acceptors (Lipinski definition) is 4. The number of nitrogens with two attached hydrogens (primary N) is 1. The molecule has 0 amide bonds. The van der Waals surface area contributed by atoms with Crippen LogP contribution in [0.5, 0.6) is 0 Å². The van der Waals surface area contributed by atoms with Crippen LogP contribution < -0.4 is 11.1 Å². The summed E-state index contributed by atoms with van der Waals surface area (Å²) in [6, 6.07) is 55.2. The average Bonchev–Trinajstić information content (AvgIpc) is 3.47. The summed E-state index contributed by atoms with van der Waals surface area (Å²) in [4.78, 5) is 10.4. The van der Waals surface area contributed by atoms with Gasteiger partial charge in [0.2, 0.25) is 0 Å². The SMILES string of the molecule is Nc1cccc(C2=NC(c3cc(-c4ccccc4)c4c(c3-c3ccccc3)-c3cccc5cccc-4c35)NC(c3ccccc3)=N2)c1. The summed E-state index contributed by atoms with van der Waals surface area (Å²) in [6.07, 6.45) is -0.426. The van der Waals surface area contributed by atoms with Crippen molar-refractivity contribution in [2.75, 3.05) is 5.73 Å². The van der Waals surface area contributed by atoms with Gasteiger partial charge in [-0.2, -0.15) is 0 Å². The van der Waals surface area contributed by atoms with Crippen molar-refractivity contribution in [2.24, 2.45) is 9.98 Å². The summed E-state index contributed by atoms with van der Waals surface area (Å²) in [7, 11) is 0. The van der Waals surface area contributed by atoms with Crippen LogP contribution >= 0.6 is 0 Å². The first-order valence-electron chi connectivity index (χ1n) is 15.9. The highest BCUT2D eigenvalue weighted by atomic mass is 15.2. The second-order valence-corrected chi connectivity index (χ2v) is 12.0. The Labute approximate surface area is 273 Å². The van der Waals surface area contributed by atoms with Gasteiger partial charge in [-0.15, -0.1) is 0 Å². The second kappa shape index (κ2) is 11.0. The lowest BCUT2D eigenvalue weighted by Gasteiger charge is -2.28. The highest BCUT2D eigenvalue weighted by Crippen LogP contribution is 2.56. The molecule has 0 aromatic heterocycles. The molecule has 0 spiro atoms. The van der Waals surface area contributed by atoms with Crippen LogP contribution in [0.3, 0.4) is 0 Å². The van der Waals surface area contributed by atoms with Crippen LogP contribution in [0.15, 0.2) is 168 Å². The molecule has 1 atom stereocenters. The second-order valence-electron chi connectivity index (χ2n) is 12.0. The fourth-order valence-corrected chi connectivity index (χ4v) is 7.15. The minimum atomic E-state index is -0.426. The fraction of sp³-hybridized carbons (Fsp3) is 0.0233. The molecule has 222 valence electrons. The number of benzene rings is 7. The standard InChI is InChI=1S/C43H30N4/c44-32-22-10-21-31(25-32)42-45-41(30-17-8-3-9-18-30)46-43(47-42)36-26-35(27-13-4-1-5-14-27)39-33-23-11-19-28-20-12-24-34(37(28)33)40(39)38(36)29-15-6-2-7-16-29/h1-26,43H,44H2,(H,45,46,47). The lowest BCUT2D eigenvalue weighted by Crippen LogP contribution is -2.34. The van der Waals surface area contributed by atoms with Crippen molar-refractivity contribution in [3.05, 3.63) is 174 Å². The smallest absolute Gasteiger partial charge is 0.159 e. The quantitative estimate of drug-likeness (QED) is 0.193. The molecule has 7 aromatic carbocycles. The zero-order chi connectivity index (χ0) is 31.3. The highest BCUT2D eigenvalue weighted by molar-refractivity contribution is 6.21. The molecule has 4 heteroatoms. The van der Waals surface area contributed by atoms with Crippen molar-refractivity contribution >= 4 is 28.1 Å². The number of anilines is 1. The molecular formula is C43H30N4. The van der Waals surface area contributed by atoms with Gasteiger partial charge >= 0.3 is 0 Å². The molecule has 7 aromatic rings. The maximum absolute atomic E-state index is 6.26. The summed E-state index contributed by atoms with van der Waals surface area (Å²) < 4.78 is 0. The van der Waals surface area contributed by atoms with Crippen molar-refractivity contribution in [3.8, 4) is 44.5 Å². The minimum absolute atomic E-state index is 0.426. The van der Waals surface area contributed by atoms with Crippen LogP contribution in [0, 0.1) is 0 Å². The van der Waals surface area contributed by atoms with E-state index in [0.717, 1.165) is 28.1 Å². The van der Waals surface area contributed by atoms with E-state index >= 15 is 0 Å². The monoisotopic (exact) mass is 602 g/mol. The highest BCUT2D eigenvalue weighted by Gasteiger charge is 2.33. The van der Waals surface area contributed by atoms with Gasteiger partial charge in [0.1, 0.15) is 12.0 Å². The van der Waals surface area contributed by atoms with E-state index < -0.39 is 6.17 Å². The largest absolute Gasteiger partial charge is 0.399 e. The number of amidine groups is 2. The lowest BCUT2D eigenvalue weighted by molar-refractivity contribution is 0.676. The van der Waals surface area contributed by atoms with Crippen LogP contribution in [-0.4, -0.2) is 11.7 Å². The van der Waals surface area contributed by atoms with Crippen LogP contribution in [0.25, 0.3) is 55.3 Å². The number of aliphatic imine (C=N–C) groups is 2.